The Labute approximate surface area is 105 Å². The van der Waals surface area contributed by atoms with E-state index in [1.54, 1.807) is 0 Å². The number of nitrogens with zero attached hydrogens (tertiary/aromatic N) is 1. The van der Waals surface area contributed by atoms with Crippen LogP contribution < -0.4 is 10.9 Å². The number of aromatic nitrogens is 2. The average molecular weight is 269 g/mol. The maximum atomic E-state index is 11.8. The number of rotatable bonds is 1. The van der Waals surface area contributed by atoms with E-state index in [1.165, 1.54) is 0 Å². The Hall–Kier alpha value is -1.21. The van der Waals surface area contributed by atoms with E-state index >= 15 is 0 Å². The molecule has 1 saturated heterocycles. The van der Waals surface area contributed by atoms with E-state index in [2.05, 4.69) is 15.3 Å². The normalized spacial score (nSPS) is 22.9. The lowest BCUT2D eigenvalue weighted by atomic mass is 10.0. The topological polar surface area (TPSA) is 91.9 Å². The Kier molecular flexibility index (Phi) is 2.74. The van der Waals surface area contributed by atoms with Crippen LogP contribution in [0.5, 0.6) is 0 Å². The van der Waals surface area contributed by atoms with Crippen molar-refractivity contribution >= 4 is 9.84 Å². The molecule has 2 aliphatic rings. The molecular weight excluding hydrogens is 254 g/mol. The summed E-state index contributed by atoms with van der Waals surface area (Å²) in [6.07, 6.45) is 1.11. The van der Waals surface area contributed by atoms with Crippen molar-refractivity contribution in [3.63, 3.8) is 0 Å². The smallest absolute Gasteiger partial charge is 0.255 e. The van der Waals surface area contributed by atoms with Crippen molar-refractivity contribution in [3.8, 4) is 0 Å². The highest BCUT2D eigenvalue weighted by Crippen LogP contribution is 2.26. The van der Waals surface area contributed by atoms with Gasteiger partial charge in [-0.1, -0.05) is 0 Å². The quantitative estimate of drug-likeness (QED) is 0.728. The lowest BCUT2D eigenvalue weighted by Gasteiger charge is -2.21. The van der Waals surface area contributed by atoms with E-state index < -0.39 is 9.84 Å². The summed E-state index contributed by atoms with van der Waals surface area (Å²) in [4.78, 5) is 19.1. The van der Waals surface area contributed by atoms with E-state index in [9.17, 15) is 13.2 Å². The molecule has 1 aromatic heterocycles. The Morgan fingerprint density at radius 3 is 2.61 bits per heavy atom. The van der Waals surface area contributed by atoms with Crippen molar-refractivity contribution in [1.29, 1.82) is 0 Å². The molecule has 0 unspecified atom stereocenters. The van der Waals surface area contributed by atoms with Gasteiger partial charge in [-0.2, -0.15) is 0 Å². The minimum Gasteiger partial charge on any atom is -0.310 e. The first-order chi connectivity index (χ1) is 8.55. The molecule has 98 valence electrons. The minimum absolute atomic E-state index is 0.0622. The number of sulfone groups is 1. The van der Waals surface area contributed by atoms with E-state index in [4.69, 9.17) is 0 Å². The third-order valence-corrected chi connectivity index (χ3v) is 5.37. The summed E-state index contributed by atoms with van der Waals surface area (Å²) >= 11 is 0. The molecule has 2 aliphatic heterocycles. The molecule has 0 saturated carbocycles. The number of nitrogens with one attached hydrogen (secondary N) is 2. The Morgan fingerprint density at radius 2 is 1.89 bits per heavy atom. The van der Waals surface area contributed by atoms with Crippen molar-refractivity contribution in [1.82, 2.24) is 15.3 Å². The summed E-state index contributed by atoms with van der Waals surface area (Å²) in [7, 11) is -2.88. The average Bonchev–Trinajstić information content (AvgIpc) is 2.77. The monoisotopic (exact) mass is 269 g/mol. The second-order valence-electron chi connectivity index (χ2n) is 4.91. The van der Waals surface area contributed by atoms with Gasteiger partial charge in [0, 0.05) is 19.0 Å². The molecule has 0 bridgehead atoms. The summed E-state index contributed by atoms with van der Waals surface area (Å²) in [5, 5.41) is 3.09. The number of hydrogen-bond acceptors (Lipinski definition) is 5. The largest absolute Gasteiger partial charge is 0.310 e. The van der Waals surface area contributed by atoms with E-state index in [0.717, 1.165) is 5.69 Å². The van der Waals surface area contributed by atoms with Gasteiger partial charge >= 0.3 is 0 Å². The molecule has 0 aromatic carbocycles. The van der Waals surface area contributed by atoms with Gasteiger partial charge in [-0.3, -0.25) is 4.79 Å². The zero-order valence-electron chi connectivity index (χ0n) is 9.90. The predicted octanol–water partition coefficient (Wildman–Crippen LogP) is -0.335. The fraction of sp³-hybridized carbons (Fsp3) is 0.636. The molecule has 0 radical (unpaired) electrons. The van der Waals surface area contributed by atoms with Gasteiger partial charge in [0.05, 0.1) is 22.8 Å². The highest BCUT2D eigenvalue weighted by Gasteiger charge is 2.27. The van der Waals surface area contributed by atoms with Gasteiger partial charge < -0.3 is 10.3 Å². The molecular formula is C11H15N3O3S. The van der Waals surface area contributed by atoms with Gasteiger partial charge in [-0.05, 0) is 12.8 Å². The van der Waals surface area contributed by atoms with Gasteiger partial charge in [0.2, 0.25) is 0 Å². The number of fused-ring (bicyclic) bond motifs is 1. The molecule has 1 aromatic rings. The SMILES string of the molecule is O=c1[nH]c(C2CCS(=O)(=O)CC2)nc2c1CNC2. The first-order valence-corrected chi connectivity index (χ1v) is 7.90. The molecule has 0 atom stereocenters. The standard InChI is InChI=1S/C11H15N3O3S/c15-11-8-5-12-6-9(8)13-10(14-11)7-1-3-18(16,17)4-2-7/h7,12H,1-6H2,(H,13,14,15). The van der Waals surface area contributed by atoms with Crippen LogP contribution >= 0.6 is 0 Å². The van der Waals surface area contributed by atoms with Crippen molar-refractivity contribution < 1.29 is 8.42 Å². The predicted molar refractivity (Wildman–Crippen MR) is 66.0 cm³/mol. The number of H-pyrrole nitrogens is 1. The van der Waals surface area contributed by atoms with Crippen molar-refractivity contribution in [2.24, 2.45) is 0 Å². The van der Waals surface area contributed by atoms with Crippen LogP contribution in [0.15, 0.2) is 4.79 Å². The number of hydrogen-bond donors (Lipinski definition) is 2. The highest BCUT2D eigenvalue weighted by molar-refractivity contribution is 7.91. The third-order valence-electron chi connectivity index (χ3n) is 3.66. The lowest BCUT2D eigenvalue weighted by Crippen LogP contribution is -2.26. The third kappa shape index (κ3) is 2.08. The zero-order valence-corrected chi connectivity index (χ0v) is 10.7. The Bertz CT molecular complexity index is 621. The summed E-state index contributed by atoms with van der Waals surface area (Å²) < 4.78 is 22.8. The summed E-state index contributed by atoms with van der Waals surface area (Å²) in [6.45, 7) is 1.19. The summed E-state index contributed by atoms with van der Waals surface area (Å²) in [5.41, 5.74) is 1.43. The molecule has 2 N–H and O–H groups in total. The fourth-order valence-electron chi connectivity index (χ4n) is 2.55. The lowest BCUT2D eigenvalue weighted by molar-refractivity contribution is 0.534. The molecule has 1 fully saturated rings. The van der Waals surface area contributed by atoms with E-state index in [1.807, 2.05) is 0 Å². The van der Waals surface area contributed by atoms with Gasteiger partial charge in [-0.15, -0.1) is 0 Å². The fourth-order valence-corrected chi connectivity index (χ4v) is 4.05. The molecule has 3 heterocycles. The van der Waals surface area contributed by atoms with Crippen LogP contribution in [-0.2, 0) is 22.9 Å². The molecule has 7 heteroatoms. The van der Waals surface area contributed by atoms with Gasteiger partial charge in [0.15, 0.2) is 0 Å². The van der Waals surface area contributed by atoms with E-state index in [-0.39, 0.29) is 23.0 Å². The first-order valence-electron chi connectivity index (χ1n) is 6.08. The Morgan fingerprint density at radius 1 is 1.17 bits per heavy atom. The molecule has 3 rings (SSSR count). The first kappa shape index (κ1) is 11.9. The minimum atomic E-state index is -2.88. The van der Waals surface area contributed by atoms with Crippen LogP contribution in [-0.4, -0.2) is 29.9 Å². The van der Waals surface area contributed by atoms with Crippen LogP contribution in [0, 0.1) is 0 Å². The van der Waals surface area contributed by atoms with Crippen LogP contribution in [0.1, 0.15) is 35.8 Å². The van der Waals surface area contributed by atoms with Crippen molar-refractivity contribution in [2.45, 2.75) is 31.8 Å². The molecule has 6 nitrogen and oxygen atoms in total. The van der Waals surface area contributed by atoms with Crippen molar-refractivity contribution in [3.05, 3.63) is 27.4 Å². The van der Waals surface area contributed by atoms with E-state index in [0.29, 0.717) is 37.3 Å². The van der Waals surface area contributed by atoms with Gasteiger partial charge in [0.1, 0.15) is 15.7 Å². The van der Waals surface area contributed by atoms with Gasteiger partial charge in [-0.25, -0.2) is 13.4 Å². The second-order valence-corrected chi connectivity index (χ2v) is 7.21. The molecule has 0 aliphatic carbocycles. The summed E-state index contributed by atoms with van der Waals surface area (Å²) in [5.74, 6) is 1.09. The molecule has 18 heavy (non-hydrogen) atoms. The molecule has 0 amide bonds. The maximum absolute atomic E-state index is 11.8. The number of aromatic amines is 1. The zero-order chi connectivity index (χ0) is 12.8. The van der Waals surface area contributed by atoms with Crippen molar-refractivity contribution in [2.75, 3.05) is 11.5 Å². The second kappa shape index (κ2) is 4.17. The Balaban J connectivity index is 1.90. The van der Waals surface area contributed by atoms with Crippen LogP contribution in [0.25, 0.3) is 0 Å². The maximum Gasteiger partial charge on any atom is 0.255 e. The van der Waals surface area contributed by atoms with Gasteiger partial charge in [0.25, 0.3) is 5.56 Å². The molecule has 0 spiro atoms. The highest BCUT2D eigenvalue weighted by atomic mass is 32.2. The van der Waals surface area contributed by atoms with Crippen LogP contribution in [0.3, 0.4) is 0 Å². The van der Waals surface area contributed by atoms with Crippen LogP contribution in [0.4, 0.5) is 0 Å². The summed E-state index contributed by atoms with van der Waals surface area (Å²) in [6, 6.07) is 0. The van der Waals surface area contributed by atoms with Crippen LogP contribution in [0.2, 0.25) is 0 Å².